The zero-order valence-electron chi connectivity index (χ0n) is 11.6. The number of hydrogen-bond donors (Lipinski definition) is 4. The number of anilines is 1. The van der Waals surface area contributed by atoms with E-state index in [2.05, 4.69) is 15.5 Å². The Labute approximate surface area is 124 Å². The predicted octanol–water partition coefficient (Wildman–Crippen LogP) is 0.309. The number of carbonyl (C=O) groups is 1. The second kappa shape index (κ2) is 6.88. The minimum absolute atomic E-state index is 0.0185. The van der Waals surface area contributed by atoms with Gasteiger partial charge in [0, 0.05) is 24.7 Å². The molecule has 0 atom stereocenters. The molecule has 5 N–H and O–H groups in total. The van der Waals surface area contributed by atoms with Gasteiger partial charge >= 0.3 is 0 Å². The second-order valence-corrected chi connectivity index (χ2v) is 6.78. The first kappa shape index (κ1) is 15.7. The Balaban J connectivity index is 1.76. The van der Waals surface area contributed by atoms with Crippen LogP contribution in [0, 0.1) is 0 Å². The highest BCUT2D eigenvalue weighted by atomic mass is 32.2. The van der Waals surface area contributed by atoms with Gasteiger partial charge in [-0.25, -0.2) is 13.1 Å². The van der Waals surface area contributed by atoms with E-state index in [-0.39, 0.29) is 17.3 Å². The summed E-state index contributed by atoms with van der Waals surface area (Å²) in [6, 6.07) is 6.44. The number of nitrogens with two attached hydrogens (primary N) is 1. The summed E-state index contributed by atoms with van der Waals surface area (Å²) in [7, 11) is -3.54. The molecule has 7 nitrogen and oxygen atoms in total. The highest BCUT2D eigenvalue weighted by Crippen LogP contribution is 2.18. The zero-order chi connectivity index (χ0) is 15.3. The molecule has 0 aromatic heterocycles. The van der Waals surface area contributed by atoms with E-state index in [1.807, 2.05) is 0 Å². The maximum Gasteiger partial charge on any atom is 0.240 e. The summed E-state index contributed by atoms with van der Waals surface area (Å²) < 4.78 is 26.5. The van der Waals surface area contributed by atoms with Crippen LogP contribution in [0.1, 0.15) is 25.7 Å². The van der Waals surface area contributed by atoms with Crippen LogP contribution in [-0.2, 0) is 14.8 Å². The first-order valence-corrected chi connectivity index (χ1v) is 8.35. The van der Waals surface area contributed by atoms with E-state index in [1.165, 1.54) is 12.1 Å². The molecular weight excluding hydrogens is 292 g/mol. The van der Waals surface area contributed by atoms with Crippen molar-refractivity contribution < 1.29 is 13.2 Å². The van der Waals surface area contributed by atoms with Crippen molar-refractivity contribution in [2.45, 2.75) is 36.6 Å². The molecule has 1 amide bonds. The lowest BCUT2D eigenvalue weighted by Crippen LogP contribution is -2.28. The summed E-state index contributed by atoms with van der Waals surface area (Å²) >= 11 is 0. The molecule has 0 radical (unpaired) electrons. The Bertz CT molecular complexity index is 582. The van der Waals surface area contributed by atoms with Gasteiger partial charge in [0.1, 0.15) is 0 Å². The highest BCUT2D eigenvalue weighted by Gasteiger charge is 2.22. The van der Waals surface area contributed by atoms with E-state index in [4.69, 9.17) is 5.84 Å². The number of sulfonamides is 1. The quantitative estimate of drug-likeness (QED) is 0.313. The lowest BCUT2D eigenvalue weighted by molar-refractivity contribution is -0.121. The SMILES string of the molecule is NNc1ccc(S(=O)(=O)NCCCC(=O)NC2CC2)cc1. The average molecular weight is 312 g/mol. The summed E-state index contributed by atoms with van der Waals surface area (Å²) in [5.41, 5.74) is 3.06. The molecule has 116 valence electrons. The molecule has 0 unspecified atom stereocenters. The molecule has 0 heterocycles. The van der Waals surface area contributed by atoms with Crippen LogP contribution in [0.25, 0.3) is 0 Å². The first-order valence-electron chi connectivity index (χ1n) is 6.87. The van der Waals surface area contributed by atoms with Crippen molar-refractivity contribution >= 4 is 21.6 Å². The minimum atomic E-state index is -3.54. The van der Waals surface area contributed by atoms with Crippen molar-refractivity contribution in [1.29, 1.82) is 0 Å². The van der Waals surface area contributed by atoms with Crippen molar-refractivity contribution in [3.63, 3.8) is 0 Å². The zero-order valence-corrected chi connectivity index (χ0v) is 12.4. The van der Waals surface area contributed by atoms with Crippen LogP contribution in [-0.4, -0.2) is 26.9 Å². The average Bonchev–Trinajstić information content (AvgIpc) is 3.27. The topological polar surface area (TPSA) is 113 Å². The van der Waals surface area contributed by atoms with E-state index in [9.17, 15) is 13.2 Å². The number of hydrazine groups is 1. The van der Waals surface area contributed by atoms with Crippen molar-refractivity contribution in [2.24, 2.45) is 5.84 Å². The Morgan fingerprint density at radius 2 is 1.90 bits per heavy atom. The molecule has 1 aliphatic carbocycles. The molecule has 1 aliphatic rings. The number of carbonyl (C=O) groups excluding carboxylic acids is 1. The summed E-state index contributed by atoms with van der Waals surface area (Å²) in [6.07, 6.45) is 2.90. The van der Waals surface area contributed by atoms with Gasteiger partial charge in [0.2, 0.25) is 15.9 Å². The Morgan fingerprint density at radius 3 is 2.48 bits per heavy atom. The molecule has 2 rings (SSSR count). The van der Waals surface area contributed by atoms with Crippen LogP contribution >= 0.6 is 0 Å². The third-order valence-electron chi connectivity index (χ3n) is 3.15. The molecule has 21 heavy (non-hydrogen) atoms. The van der Waals surface area contributed by atoms with Gasteiger partial charge in [-0.3, -0.25) is 10.6 Å². The molecule has 1 aromatic carbocycles. The van der Waals surface area contributed by atoms with Crippen molar-refractivity contribution in [2.75, 3.05) is 12.0 Å². The number of nitrogen functional groups attached to an aromatic ring is 1. The van der Waals surface area contributed by atoms with Gasteiger partial charge in [-0.05, 0) is 43.5 Å². The molecule has 0 aliphatic heterocycles. The fraction of sp³-hybridized carbons (Fsp3) is 0.462. The normalized spacial score (nSPS) is 14.7. The minimum Gasteiger partial charge on any atom is -0.353 e. The van der Waals surface area contributed by atoms with Crippen LogP contribution in [0.4, 0.5) is 5.69 Å². The van der Waals surface area contributed by atoms with E-state index in [0.29, 0.717) is 24.6 Å². The third kappa shape index (κ3) is 5.00. The van der Waals surface area contributed by atoms with Crippen molar-refractivity contribution in [3.05, 3.63) is 24.3 Å². The molecule has 0 spiro atoms. The van der Waals surface area contributed by atoms with Gasteiger partial charge in [-0.15, -0.1) is 0 Å². The van der Waals surface area contributed by atoms with Crippen LogP contribution in [0.3, 0.4) is 0 Å². The highest BCUT2D eigenvalue weighted by molar-refractivity contribution is 7.89. The lowest BCUT2D eigenvalue weighted by Gasteiger charge is -2.08. The fourth-order valence-corrected chi connectivity index (χ4v) is 2.87. The Hall–Kier alpha value is -1.64. The van der Waals surface area contributed by atoms with E-state index >= 15 is 0 Å². The van der Waals surface area contributed by atoms with Crippen molar-refractivity contribution in [3.8, 4) is 0 Å². The van der Waals surface area contributed by atoms with Gasteiger partial charge < -0.3 is 10.7 Å². The van der Waals surface area contributed by atoms with Crippen LogP contribution in [0.15, 0.2) is 29.2 Å². The van der Waals surface area contributed by atoms with E-state index < -0.39 is 10.0 Å². The first-order chi connectivity index (χ1) is 10.0. The Kier molecular flexibility index (Phi) is 5.16. The fourth-order valence-electron chi connectivity index (χ4n) is 1.80. The van der Waals surface area contributed by atoms with Gasteiger partial charge in [0.15, 0.2) is 0 Å². The van der Waals surface area contributed by atoms with Gasteiger partial charge in [0.05, 0.1) is 4.90 Å². The summed E-state index contributed by atoms with van der Waals surface area (Å²) in [5, 5.41) is 2.86. The molecule has 1 saturated carbocycles. The number of amides is 1. The molecular formula is C13H20N4O3S. The van der Waals surface area contributed by atoms with Crippen molar-refractivity contribution in [1.82, 2.24) is 10.0 Å². The monoisotopic (exact) mass is 312 g/mol. The van der Waals surface area contributed by atoms with Gasteiger partial charge in [0.25, 0.3) is 0 Å². The number of rotatable bonds is 8. The molecule has 0 saturated heterocycles. The van der Waals surface area contributed by atoms with E-state index in [0.717, 1.165) is 12.8 Å². The Morgan fingerprint density at radius 1 is 1.24 bits per heavy atom. The predicted molar refractivity (Wildman–Crippen MR) is 79.8 cm³/mol. The van der Waals surface area contributed by atoms with E-state index in [1.54, 1.807) is 12.1 Å². The number of hydrogen-bond acceptors (Lipinski definition) is 5. The largest absolute Gasteiger partial charge is 0.353 e. The van der Waals surface area contributed by atoms with Crippen LogP contribution < -0.4 is 21.3 Å². The second-order valence-electron chi connectivity index (χ2n) is 5.01. The third-order valence-corrected chi connectivity index (χ3v) is 4.62. The molecule has 1 aromatic rings. The number of nitrogens with one attached hydrogen (secondary N) is 3. The number of benzene rings is 1. The lowest BCUT2D eigenvalue weighted by atomic mass is 10.3. The summed E-state index contributed by atoms with van der Waals surface area (Å²) in [5.74, 6) is 5.20. The summed E-state index contributed by atoms with van der Waals surface area (Å²) in [4.78, 5) is 11.6. The maximum absolute atomic E-state index is 12.0. The molecule has 8 heteroatoms. The molecule has 1 fully saturated rings. The van der Waals surface area contributed by atoms with Gasteiger partial charge in [-0.1, -0.05) is 0 Å². The summed E-state index contributed by atoms with van der Waals surface area (Å²) in [6.45, 7) is 0.233. The standard InChI is InChI=1S/C13H20N4O3S/c14-17-11-5-7-12(8-6-11)21(19,20)15-9-1-2-13(18)16-10-3-4-10/h5-8,10,15,17H,1-4,9,14H2,(H,16,18). The molecule has 0 bridgehead atoms. The smallest absolute Gasteiger partial charge is 0.240 e. The maximum atomic E-state index is 12.0. The van der Waals surface area contributed by atoms with Gasteiger partial charge in [-0.2, -0.15) is 0 Å². The van der Waals surface area contributed by atoms with Crippen LogP contribution in [0.5, 0.6) is 0 Å². The van der Waals surface area contributed by atoms with Crippen LogP contribution in [0.2, 0.25) is 0 Å².